The number of hydrogen-bond donors (Lipinski definition) is 4. The smallest absolute Gasteiger partial charge is 0.294 e. The molecule has 0 aliphatic rings. The maximum Gasteiger partial charge on any atom is 0.294 e. The summed E-state index contributed by atoms with van der Waals surface area (Å²) in [6.07, 6.45) is 3.50. The van der Waals surface area contributed by atoms with Crippen molar-refractivity contribution in [2.75, 3.05) is 5.73 Å². The molecule has 0 spiro atoms. The number of nitrogen functional groups attached to an aromatic ring is 1. The minimum absolute atomic E-state index is 0.00444. The summed E-state index contributed by atoms with van der Waals surface area (Å²) in [5.41, 5.74) is 5.39. The van der Waals surface area contributed by atoms with Crippen molar-refractivity contribution in [3.63, 3.8) is 0 Å². The van der Waals surface area contributed by atoms with Crippen LogP contribution < -0.4 is 5.73 Å². The Morgan fingerprint density at radius 2 is 1.31 bits per heavy atom. The maximum atomic E-state index is 11.1. The van der Waals surface area contributed by atoms with E-state index in [1.807, 2.05) is 18.2 Å². The van der Waals surface area contributed by atoms with Crippen LogP contribution in [0, 0.1) is 0 Å². The van der Waals surface area contributed by atoms with Crippen LogP contribution in [-0.4, -0.2) is 36.0 Å². The Morgan fingerprint density at radius 3 is 1.69 bits per heavy atom. The lowest BCUT2D eigenvalue weighted by molar-refractivity contribution is 0.471. The molecule has 3 aromatic rings. The van der Waals surface area contributed by atoms with E-state index in [4.69, 9.17) is 14.8 Å². The zero-order valence-corrected chi connectivity index (χ0v) is 14.6. The summed E-state index contributed by atoms with van der Waals surface area (Å²) < 4.78 is 62.1. The Hall–Kier alpha value is -2.73. The van der Waals surface area contributed by atoms with Crippen LogP contribution in [0.25, 0.3) is 10.8 Å². The quantitative estimate of drug-likeness (QED) is 0.371. The number of anilines is 1. The number of rotatable bonds is 2. The molecule has 0 radical (unpaired) electrons. The third-order valence-electron chi connectivity index (χ3n) is 3.17. The van der Waals surface area contributed by atoms with Gasteiger partial charge in [0.25, 0.3) is 20.2 Å². The summed E-state index contributed by atoms with van der Waals surface area (Å²) in [6.45, 7) is 0. The molecule has 0 bridgehead atoms. The molecule has 0 saturated heterocycles. The van der Waals surface area contributed by atoms with Crippen LogP contribution in [0.1, 0.15) is 0 Å². The lowest BCUT2D eigenvalue weighted by Gasteiger charge is -2.08. The number of benzene rings is 2. The van der Waals surface area contributed by atoms with Crippen molar-refractivity contribution >= 4 is 36.7 Å². The van der Waals surface area contributed by atoms with E-state index in [0.717, 1.165) is 24.3 Å². The van der Waals surface area contributed by atoms with Gasteiger partial charge in [-0.05, 0) is 35.7 Å². The highest BCUT2D eigenvalue weighted by molar-refractivity contribution is 7.86. The number of hydrogen-bond acceptors (Lipinski definition) is 7. The average molecular weight is 398 g/mol. The van der Waals surface area contributed by atoms with E-state index in [0.29, 0.717) is 0 Å². The fraction of sp³-hybridized carbons (Fsp3) is 0. The Morgan fingerprint density at radius 1 is 0.808 bits per heavy atom. The van der Waals surface area contributed by atoms with Gasteiger partial charge in [0.05, 0.1) is 9.79 Å². The third kappa shape index (κ3) is 4.67. The summed E-state index contributed by atoms with van der Waals surface area (Å²) in [5.74, 6) is -0.547. The summed E-state index contributed by atoms with van der Waals surface area (Å²) in [7, 11) is -9.14. The molecule has 0 amide bonds. The van der Waals surface area contributed by atoms with Crippen LogP contribution in [-0.2, 0) is 20.2 Å². The van der Waals surface area contributed by atoms with Crippen LogP contribution >= 0.6 is 0 Å². The number of nitrogens with zero attached hydrogens (tertiary/aromatic N) is 1. The van der Waals surface area contributed by atoms with E-state index >= 15 is 0 Å². The van der Waals surface area contributed by atoms with E-state index < -0.39 is 35.8 Å². The largest absolute Gasteiger partial charge is 0.507 e. The summed E-state index contributed by atoms with van der Waals surface area (Å²) in [4.78, 5) is 2.59. The second kappa shape index (κ2) is 7.25. The summed E-state index contributed by atoms with van der Waals surface area (Å²) >= 11 is 0. The van der Waals surface area contributed by atoms with Gasteiger partial charge in [-0.3, -0.25) is 14.1 Å². The molecule has 2 aromatic carbocycles. The monoisotopic (exact) mass is 398 g/mol. The lowest BCUT2D eigenvalue weighted by atomic mass is 10.1. The van der Waals surface area contributed by atoms with Crippen molar-refractivity contribution < 1.29 is 31.0 Å². The number of pyridine rings is 1. The number of nitrogens with two attached hydrogens (primary N) is 1. The number of aromatic nitrogens is 1. The van der Waals surface area contributed by atoms with Crippen LogP contribution in [0.3, 0.4) is 0 Å². The van der Waals surface area contributed by atoms with Gasteiger partial charge in [-0.15, -0.1) is 0 Å². The van der Waals surface area contributed by atoms with Gasteiger partial charge < -0.3 is 10.8 Å². The van der Waals surface area contributed by atoms with Gasteiger partial charge >= 0.3 is 0 Å². The highest BCUT2D eigenvalue weighted by Gasteiger charge is 2.18. The fourth-order valence-corrected chi connectivity index (χ4v) is 3.17. The molecule has 0 aliphatic carbocycles. The highest BCUT2D eigenvalue weighted by atomic mass is 32.2. The van der Waals surface area contributed by atoms with Crippen molar-refractivity contribution in [1.82, 2.24) is 4.98 Å². The van der Waals surface area contributed by atoms with Gasteiger partial charge in [0.1, 0.15) is 5.75 Å². The molecule has 5 N–H and O–H groups in total. The van der Waals surface area contributed by atoms with Crippen molar-refractivity contribution in [1.29, 1.82) is 0 Å². The van der Waals surface area contributed by atoms with Gasteiger partial charge in [-0.25, -0.2) is 0 Å². The molecule has 0 saturated carbocycles. The highest BCUT2D eigenvalue weighted by Crippen LogP contribution is 2.34. The van der Waals surface area contributed by atoms with Gasteiger partial charge in [-0.2, -0.15) is 16.8 Å². The first-order valence-corrected chi connectivity index (χ1v) is 9.74. The molecule has 26 heavy (non-hydrogen) atoms. The van der Waals surface area contributed by atoms with E-state index in [1.165, 1.54) is 0 Å². The Labute approximate surface area is 149 Å². The van der Waals surface area contributed by atoms with E-state index in [2.05, 4.69) is 4.98 Å². The van der Waals surface area contributed by atoms with Gasteiger partial charge in [0.15, 0.2) is 0 Å². The second-order valence-electron chi connectivity index (χ2n) is 5.03. The standard InChI is InChI=1S/C10H9NO7S2.C5H5N/c11-8-3-6(19(13,14)15)1-5-2-7(20(16,17)18)4-9(12)10(5)8;1-2-4-6-5-3-1/h1-4,12H,11H2,(H,13,14,15)(H,16,17,18);1-5H. The van der Waals surface area contributed by atoms with Crippen molar-refractivity contribution in [3.8, 4) is 5.75 Å². The minimum Gasteiger partial charge on any atom is -0.507 e. The van der Waals surface area contributed by atoms with Crippen molar-refractivity contribution in [2.24, 2.45) is 0 Å². The van der Waals surface area contributed by atoms with Crippen LogP contribution in [0.15, 0.2) is 64.6 Å². The van der Waals surface area contributed by atoms with Crippen molar-refractivity contribution in [3.05, 3.63) is 54.9 Å². The molecule has 3 rings (SSSR count). The van der Waals surface area contributed by atoms with Crippen molar-refractivity contribution in [2.45, 2.75) is 9.79 Å². The third-order valence-corrected chi connectivity index (χ3v) is 4.83. The topological polar surface area (TPSA) is 168 Å². The molecule has 1 heterocycles. The normalized spacial score (nSPS) is 11.6. The predicted molar refractivity (Wildman–Crippen MR) is 93.9 cm³/mol. The number of fused-ring (bicyclic) bond motifs is 1. The van der Waals surface area contributed by atoms with Crippen LogP contribution in [0.2, 0.25) is 0 Å². The zero-order valence-electron chi connectivity index (χ0n) is 13.0. The lowest BCUT2D eigenvalue weighted by Crippen LogP contribution is -2.02. The molecule has 0 atom stereocenters. The first-order valence-electron chi connectivity index (χ1n) is 6.86. The van der Waals surface area contributed by atoms with Gasteiger partial charge in [0, 0.05) is 29.5 Å². The van der Waals surface area contributed by atoms with E-state index in [-0.39, 0.29) is 16.5 Å². The maximum absolute atomic E-state index is 11.1. The zero-order chi connectivity index (χ0) is 19.5. The van der Waals surface area contributed by atoms with Crippen LogP contribution in [0.4, 0.5) is 5.69 Å². The molecule has 138 valence electrons. The molecule has 9 nitrogen and oxygen atoms in total. The summed E-state index contributed by atoms with van der Waals surface area (Å²) in [6, 6.07) is 9.27. The average Bonchev–Trinajstić information content (AvgIpc) is 2.54. The Balaban J connectivity index is 0.000000342. The minimum atomic E-state index is -4.59. The molecule has 0 unspecified atom stereocenters. The first-order chi connectivity index (χ1) is 12.0. The van der Waals surface area contributed by atoms with E-state index in [1.54, 1.807) is 12.4 Å². The molecular formula is C15H14N2O7S2. The molecule has 0 aliphatic heterocycles. The molecule has 1 aromatic heterocycles. The van der Waals surface area contributed by atoms with Crippen LogP contribution in [0.5, 0.6) is 5.75 Å². The molecule has 11 heteroatoms. The summed E-state index contributed by atoms with van der Waals surface area (Å²) in [5, 5.41) is 9.66. The van der Waals surface area contributed by atoms with E-state index in [9.17, 15) is 21.9 Å². The number of phenolic OH excluding ortho intramolecular Hbond substituents is 1. The SMILES string of the molecule is Nc1cc(S(=O)(=O)O)cc2cc(S(=O)(=O)O)cc(O)c12.c1ccncc1. The van der Waals surface area contributed by atoms with Gasteiger partial charge in [-0.1, -0.05) is 6.07 Å². The second-order valence-corrected chi connectivity index (χ2v) is 7.87. The molecule has 0 fully saturated rings. The fourth-order valence-electron chi connectivity index (χ4n) is 2.08. The Bertz CT molecular complexity index is 1050. The number of aromatic hydroxyl groups is 1. The predicted octanol–water partition coefficient (Wildman–Crippen LogP) is 1.70. The Kier molecular flexibility index (Phi) is 5.47. The van der Waals surface area contributed by atoms with Gasteiger partial charge in [0.2, 0.25) is 0 Å². The first kappa shape index (κ1) is 19.6. The molecular weight excluding hydrogens is 384 g/mol. The number of phenols is 1.